The Labute approximate surface area is 117 Å². The fraction of sp³-hybridized carbons (Fsp3) is 0.727. The second kappa shape index (κ2) is 9.24. The number of Topliss-reactive ketones (excluding diaryl/α,β-unsaturated/α-hetero) is 1. The molecule has 0 amide bonds. The summed E-state index contributed by atoms with van der Waals surface area (Å²) < 4.78 is 67.7. The Morgan fingerprint density at radius 1 is 0.905 bits per heavy atom. The average molecular weight is 322 g/mol. The zero-order valence-electron chi connectivity index (χ0n) is 11.6. The van der Waals surface area contributed by atoms with Crippen molar-refractivity contribution in [1.82, 2.24) is 0 Å². The van der Waals surface area contributed by atoms with Gasteiger partial charge in [-0.3, -0.25) is 14.4 Å². The molecule has 0 aromatic rings. The van der Waals surface area contributed by atoms with E-state index in [0.29, 0.717) is 6.61 Å². The molecule has 0 heterocycles. The highest BCUT2D eigenvalue weighted by Gasteiger charge is 2.63. The number of esters is 2. The SMILES string of the molecule is CCOC(=O)CC(=O)C(F)(F)C(F)(F)F.CCOC(C)=O. The van der Waals surface area contributed by atoms with Gasteiger partial charge in [0.15, 0.2) is 0 Å². The van der Waals surface area contributed by atoms with Gasteiger partial charge in [-0.15, -0.1) is 0 Å². The summed E-state index contributed by atoms with van der Waals surface area (Å²) in [5, 5.41) is 0. The van der Waals surface area contributed by atoms with Crippen molar-refractivity contribution in [3.8, 4) is 0 Å². The molecule has 0 saturated heterocycles. The Morgan fingerprint density at radius 3 is 1.57 bits per heavy atom. The molecule has 10 heteroatoms. The maximum Gasteiger partial charge on any atom is 0.461 e. The molecule has 0 unspecified atom stereocenters. The van der Waals surface area contributed by atoms with Crippen LogP contribution in [0, 0.1) is 0 Å². The number of ether oxygens (including phenoxy) is 2. The summed E-state index contributed by atoms with van der Waals surface area (Å²) in [6.07, 6.45) is -7.59. The van der Waals surface area contributed by atoms with Crippen molar-refractivity contribution < 1.29 is 45.8 Å². The Kier molecular flexibility index (Phi) is 9.49. The molecule has 0 aliphatic carbocycles. The van der Waals surface area contributed by atoms with Gasteiger partial charge in [0.25, 0.3) is 0 Å². The lowest BCUT2D eigenvalue weighted by Crippen LogP contribution is -2.44. The molecule has 0 aliphatic rings. The van der Waals surface area contributed by atoms with Gasteiger partial charge in [0.05, 0.1) is 13.2 Å². The quantitative estimate of drug-likeness (QED) is 0.441. The maximum absolute atomic E-state index is 12.2. The Hall–Kier alpha value is -1.74. The van der Waals surface area contributed by atoms with Gasteiger partial charge in [-0.1, -0.05) is 0 Å². The molecule has 0 fully saturated rings. The molecule has 0 spiro atoms. The van der Waals surface area contributed by atoms with Gasteiger partial charge in [-0.25, -0.2) is 0 Å². The largest absolute Gasteiger partial charge is 0.466 e. The van der Waals surface area contributed by atoms with Gasteiger partial charge < -0.3 is 9.47 Å². The van der Waals surface area contributed by atoms with E-state index >= 15 is 0 Å². The van der Waals surface area contributed by atoms with E-state index in [0.717, 1.165) is 0 Å². The van der Waals surface area contributed by atoms with Crippen LogP contribution in [-0.4, -0.2) is 43.0 Å². The molecule has 5 nitrogen and oxygen atoms in total. The van der Waals surface area contributed by atoms with Crippen molar-refractivity contribution in [3.05, 3.63) is 0 Å². The lowest BCUT2D eigenvalue weighted by atomic mass is 10.1. The summed E-state index contributed by atoms with van der Waals surface area (Å²) in [5.41, 5.74) is 0. The van der Waals surface area contributed by atoms with Crippen LogP contribution < -0.4 is 0 Å². The fourth-order valence-corrected chi connectivity index (χ4v) is 0.815. The van der Waals surface area contributed by atoms with Crippen LogP contribution in [0.1, 0.15) is 27.2 Å². The van der Waals surface area contributed by atoms with E-state index in [4.69, 9.17) is 0 Å². The highest BCUT2D eigenvalue weighted by atomic mass is 19.4. The van der Waals surface area contributed by atoms with Gasteiger partial charge in [0.1, 0.15) is 6.42 Å². The third-order valence-corrected chi connectivity index (χ3v) is 1.66. The zero-order chi connectivity index (χ0) is 17.3. The Bertz CT molecular complexity index is 365. The molecule has 21 heavy (non-hydrogen) atoms. The van der Waals surface area contributed by atoms with Crippen molar-refractivity contribution in [2.75, 3.05) is 13.2 Å². The monoisotopic (exact) mass is 322 g/mol. The van der Waals surface area contributed by atoms with Crippen molar-refractivity contribution in [1.29, 1.82) is 0 Å². The first-order valence-corrected chi connectivity index (χ1v) is 5.66. The number of rotatable bonds is 5. The summed E-state index contributed by atoms with van der Waals surface area (Å²) in [5.74, 6) is -9.66. The van der Waals surface area contributed by atoms with Gasteiger partial charge in [-0.2, -0.15) is 22.0 Å². The third-order valence-electron chi connectivity index (χ3n) is 1.66. The Morgan fingerprint density at radius 2 is 1.33 bits per heavy atom. The van der Waals surface area contributed by atoms with E-state index in [1.807, 2.05) is 0 Å². The normalized spacial score (nSPS) is 11.0. The molecule has 0 radical (unpaired) electrons. The van der Waals surface area contributed by atoms with Crippen molar-refractivity contribution >= 4 is 17.7 Å². The summed E-state index contributed by atoms with van der Waals surface area (Å²) in [4.78, 5) is 30.7. The Balaban J connectivity index is 0. The molecular formula is C11H15F5O5. The van der Waals surface area contributed by atoms with Crippen LogP contribution in [0.2, 0.25) is 0 Å². The number of alkyl halides is 5. The topological polar surface area (TPSA) is 69.7 Å². The minimum Gasteiger partial charge on any atom is -0.466 e. The maximum atomic E-state index is 12.2. The molecule has 0 aromatic heterocycles. The minimum atomic E-state index is -5.99. The lowest BCUT2D eigenvalue weighted by Gasteiger charge is -2.17. The molecule has 0 atom stereocenters. The number of ketones is 1. The van der Waals surface area contributed by atoms with Gasteiger partial charge in [-0.05, 0) is 13.8 Å². The summed E-state index contributed by atoms with van der Waals surface area (Å²) >= 11 is 0. The average Bonchev–Trinajstić information content (AvgIpc) is 2.27. The number of hydrogen-bond donors (Lipinski definition) is 0. The molecule has 0 bridgehead atoms. The molecule has 0 aliphatic heterocycles. The fourth-order valence-electron chi connectivity index (χ4n) is 0.815. The van der Waals surface area contributed by atoms with Crippen molar-refractivity contribution in [3.63, 3.8) is 0 Å². The highest BCUT2D eigenvalue weighted by Crippen LogP contribution is 2.36. The van der Waals surface area contributed by atoms with Crippen molar-refractivity contribution in [2.45, 2.75) is 39.3 Å². The predicted molar refractivity (Wildman–Crippen MR) is 59.6 cm³/mol. The number of carbonyl (C=O) groups excluding carboxylic acids is 3. The van der Waals surface area contributed by atoms with Gasteiger partial charge >= 0.3 is 24.0 Å². The van der Waals surface area contributed by atoms with Crippen LogP contribution in [0.5, 0.6) is 0 Å². The smallest absolute Gasteiger partial charge is 0.461 e. The first kappa shape index (κ1) is 21.6. The van der Waals surface area contributed by atoms with E-state index in [2.05, 4.69) is 9.47 Å². The van der Waals surface area contributed by atoms with Crippen molar-refractivity contribution in [2.24, 2.45) is 0 Å². The minimum absolute atomic E-state index is 0.205. The van der Waals surface area contributed by atoms with E-state index in [1.54, 1.807) is 6.92 Å². The second-order valence-electron chi connectivity index (χ2n) is 3.40. The zero-order valence-corrected chi connectivity index (χ0v) is 11.6. The first-order chi connectivity index (χ1) is 9.40. The van der Waals surface area contributed by atoms with E-state index in [-0.39, 0.29) is 12.6 Å². The van der Waals surface area contributed by atoms with Crippen LogP contribution in [0.4, 0.5) is 22.0 Å². The molecule has 0 saturated carbocycles. The summed E-state index contributed by atoms with van der Waals surface area (Å²) in [7, 11) is 0. The van der Waals surface area contributed by atoms with Crippen LogP contribution in [0.15, 0.2) is 0 Å². The number of carbonyl (C=O) groups is 3. The first-order valence-electron chi connectivity index (χ1n) is 5.66. The third kappa shape index (κ3) is 8.92. The molecular weight excluding hydrogens is 307 g/mol. The van der Waals surface area contributed by atoms with Crippen LogP contribution in [0.3, 0.4) is 0 Å². The van der Waals surface area contributed by atoms with E-state index in [1.165, 1.54) is 13.8 Å². The molecule has 0 rings (SSSR count). The molecule has 0 N–H and O–H groups in total. The van der Waals surface area contributed by atoms with Gasteiger partial charge in [0, 0.05) is 6.92 Å². The summed E-state index contributed by atoms with van der Waals surface area (Å²) in [6.45, 7) is 4.77. The summed E-state index contributed by atoms with van der Waals surface area (Å²) in [6, 6.07) is 0. The standard InChI is InChI=1S/C7H7F5O3.C4H8O2/c1-2-15-5(14)3-4(13)6(8,9)7(10,11)12;1-3-6-4(2)5/h2-3H2,1H3;3H2,1-2H3. The molecule has 124 valence electrons. The van der Waals surface area contributed by atoms with E-state index in [9.17, 15) is 36.3 Å². The second-order valence-corrected chi connectivity index (χ2v) is 3.40. The number of halogens is 5. The highest BCUT2D eigenvalue weighted by molar-refractivity contribution is 5.99. The predicted octanol–water partition coefficient (Wildman–Crippen LogP) is 2.28. The van der Waals surface area contributed by atoms with E-state index < -0.39 is 30.3 Å². The lowest BCUT2D eigenvalue weighted by molar-refractivity contribution is -0.268. The van der Waals surface area contributed by atoms with Crippen LogP contribution >= 0.6 is 0 Å². The molecule has 0 aromatic carbocycles. The van der Waals surface area contributed by atoms with Crippen LogP contribution in [-0.2, 0) is 23.9 Å². The van der Waals surface area contributed by atoms with Crippen LogP contribution in [0.25, 0.3) is 0 Å². The van der Waals surface area contributed by atoms with Gasteiger partial charge in [0.2, 0.25) is 5.78 Å². The number of hydrogen-bond acceptors (Lipinski definition) is 5.